The summed E-state index contributed by atoms with van der Waals surface area (Å²) in [5.41, 5.74) is -0.675. The molecule has 2 saturated heterocycles. The van der Waals surface area contributed by atoms with Gasteiger partial charge in [0.15, 0.2) is 0 Å². The Labute approximate surface area is 111 Å². The third-order valence-electron chi connectivity index (χ3n) is 4.26. The molecule has 2 atom stereocenters. The van der Waals surface area contributed by atoms with Crippen molar-refractivity contribution in [2.45, 2.75) is 50.7 Å². The smallest absolute Gasteiger partial charge is 0.340 e. The minimum atomic E-state index is -4.19. The van der Waals surface area contributed by atoms with Crippen LogP contribution in [0.2, 0.25) is 0 Å². The Morgan fingerprint density at radius 3 is 2.63 bits per heavy atom. The first kappa shape index (κ1) is 14.6. The van der Waals surface area contributed by atoms with E-state index in [2.05, 4.69) is 5.32 Å². The Morgan fingerprint density at radius 2 is 2.05 bits per heavy atom. The molecule has 0 aromatic rings. The highest BCUT2D eigenvalue weighted by atomic mass is 19.4. The fraction of sp³-hybridized carbons (Fsp3) is 0.923. The molecule has 2 unspecified atom stereocenters. The number of halogens is 3. The molecule has 2 aliphatic heterocycles. The second kappa shape index (κ2) is 5.31. The quantitative estimate of drug-likeness (QED) is 0.798. The second-order valence-corrected chi connectivity index (χ2v) is 5.85. The molecule has 0 bridgehead atoms. The van der Waals surface area contributed by atoms with E-state index in [1.54, 1.807) is 0 Å². The number of amides is 1. The maximum absolute atomic E-state index is 12.8. The molecule has 1 amide bonds. The van der Waals surface area contributed by atoms with E-state index in [-0.39, 0.29) is 18.9 Å². The third-order valence-corrected chi connectivity index (χ3v) is 4.26. The Bertz CT molecular complexity index is 337. The molecule has 0 spiro atoms. The zero-order chi connectivity index (χ0) is 14.1. The number of carbonyl (C=O) groups excluding carboxylic acids is 1. The average molecular weight is 278 g/mol. The van der Waals surface area contributed by atoms with Gasteiger partial charge in [-0.25, -0.2) is 0 Å². The van der Waals surface area contributed by atoms with Crippen LogP contribution in [-0.4, -0.2) is 42.2 Å². The maximum Gasteiger partial charge on any atom is 0.393 e. The van der Waals surface area contributed by atoms with Crippen LogP contribution in [0.5, 0.6) is 0 Å². The van der Waals surface area contributed by atoms with E-state index in [1.165, 1.54) is 4.90 Å². The van der Waals surface area contributed by atoms with Gasteiger partial charge in [-0.15, -0.1) is 0 Å². The van der Waals surface area contributed by atoms with Crippen molar-refractivity contribution in [2.75, 3.05) is 19.6 Å². The summed E-state index contributed by atoms with van der Waals surface area (Å²) in [5.74, 6) is -1.53. The first-order valence-corrected chi connectivity index (χ1v) is 6.94. The van der Waals surface area contributed by atoms with Crippen molar-refractivity contribution in [3.05, 3.63) is 0 Å². The lowest BCUT2D eigenvalue weighted by Gasteiger charge is -2.41. The molecule has 0 aromatic carbocycles. The van der Waals surface area contributed by atoms with E-state index in [4.69, 9.17) is 0 Å². The van der Waals surface area contributed by atoms with Crippen molar-refractivity contribution >= 4 is 5.91 Å². The van der Waals surface area contributed by atoms with E-state index < -0.39 is 17.6 Å². The van der Waals surface area contributed by atoms with Gasteiger partial charge in [-0.3, -0.25) is 4.79 Å². The fourth-order valence-electron chi connectivity index (χ4n) is 3.02. The van der Waals surface area contributed by atoms with Gasteiger partial charge in [-0.2, -0.15) is 13.2 Å². The summed E-state index contributed by atoms with van der Waals surface area (Å²) in [5, 5.41) is 3.17. The summed E-state index contributed by atoms with van der Waals surface area (Å²) in [6, 6.07) is 0. The fourth-order valence-corrected chi connectivity index (χ4v) is 3.02. The molecule has 2 heterocycles. The number of likely N-dealkylation sites (tertiary alicyclic amines) is 1. The number of piperidine rings is 2. The van der Waals surface area contributed by atoms with Crippen LogP contribution in [0.4, 0.5) is 13.2 Å². The van der Waals surface area contributed by atoms with E-state index >= 15 is 0 Å². The van der Waals surface area contributed by atoms with Gasteiger partial charge in [0.2, 0.25) is 5.91 Å². The molecular formula is C13H21F3N2O. The Hall–Kier alpha value is -0.780. The highest BCUT2D eigenvalue weighted by Gasteiger charge is 2.45. The van der Waals surface area contributed by atoms with E-state index in [9.17, 15) is 18.0 Å². The number of hydrogen-bond donors (Lipinski definition) is 1. The van der Waals surface area contributed by atoms with Crippen molar-refractivity contribution in [1.82, 2.24) is 10.2 Å². The lowest BCUT2D eigenvalue weighted by molar-refractivity contribution is -0.189. The van der Waals surface area contributed by atoms with Crippen molar-refractivity contribution in [2.24, 2.45) is 5.92 Å². The lowest BCUT2D eigenvalue weighted by Crippen LogP contribution is -2.60. The van der Waals surface area contributed by atoms with Gasteiger partial charge in [0, 0.05) is 13.1 Å². The predicted molar refractivity (Wildman–Crippen MR) is 65.6 cm³/mol. The van der Waals surface area contributed by atoms with Crippen LogP contribution in [-0.2, 0) is 4.79 Å². The SMILES string of the molecule is CC1(C(=O)N2CCCC(C(F)(F)F)C2)CCCCN1. The van der Waals surface area contributed by atoms with Crippen LogP contribution in [0.3, 0.4) is 0 Å². The van der Waals surface area contributed by atoms with Crippen LogP contribution in [0.15, 0.2) is 0 Å². The number of nitrogens with zero attached hydrogens (tertiary/aromatic N) is 1. The minimum absolute atomic E-state index is 0.136. The first-order valence-electron chi connectivity index (χ1n) is 6.94. The Balaban J connectivity index is 2.02. The zero-order valence-corrected chi connectivity index (χ0v) is 11.2. The molecule has 0 saturated carbocycles. The van der Waals surface area contributed by atoms with Gasteiger partial charge in [-0.1, -0.05) is 0 Å². The van der Waals surface area contributed by atoms with Crippen LogP contribution in [0.25, 0.3) is 0 Å². The molecule has 1 N–H and O–H groups in total. The van der Waals surface area contributed by atoms with Crippen molar-refractivity contribution in [3.63, 3.8) is 0 Å². The molecule has 0 aliphatic carbocycles. The van der Waals surface area contributed by atoms with Crippen molar-refractivity contribution in [3.8, 4) is 0 Å². The maximum atomic E-state index is 12.8. The van der Waals surface area contributed by atoms with E-state index in [1.807, 2.05) is 6.92 Å². The molecule has 2 fully saturated rings. The van der Waals surface area contributed by atoms with E-state index in [0.717, 1.165) is 19.4 Å². The molecule has 3 nitrogen and oxygen atoms in total. The third kappa shape index (κ3) is 3.22. The molecule has 2 aliphatic rings. The normalized spacial score (nSPS) is 33.3. The summed E-state index contributed by atoms with van der Waals surface area (Å²) in [4.78, 5) is 13.8. The van der Waals surface area contributed by atoms with Gasteiger partial charge in [-0.05, 0) is 45.6 Å². The van der Waals surface area contributed by atoms with Crippen molar-refractivity contribution < 1.29 is 18.0 Å². The minimum Gasteiger partial charge on any atom is -0.340 e. The summed E-state index contributed by atoms with van der Waals surface area (Å²) in [7, 11) is 0. The van der Waals surface area contributed by atoms with Crippen LogP contribution in [0, 0.1) is 5.92 Å². The summed E-state index contributed by atoms with van der Waals surface area (Å²) in [6.07, 6.45) is -0.942. The Morgan fingerprint density at radius 1 is 1.32 bits per heavy atom. The first-order chi connectivity index (χ1) is 8.83. The van der Waals surface area contributed by atoms with Crippen LogP contribution in [0.1, 0.15) is 39.0 Å². The number of nitrogens with one attached hydrogen (secondary N) is 1. The van der Waals surface area contributed by atoms with Gasteiger partial charge in [0.1, 0.15) is 0 Å². The average Bonchev–Trinajstić information content (AvgIpc) is 2.38. The molecule has 2 rings (SSSR count). The van der Waals surface area contributed by atoms with Gasteiger partial charge in [0.05, 0.1) is 11.5 Å². The largest absolute Gasteiger partial charge is 0.393 e. The van der Waals surface area contributed by atoms with Gasteiger partial charge < -0.3 is 10.2 Å². The number of alkyl halides is 3. The lowest BCUT2D eigenvalue weighted by atomic mass is 9.88. The molecule has 0 aromatic heterocycles. The van der Waals surface area contributed by atoms with Crippen LogP contribution < -0.4 is 5.32 Å². The summed E-state index contributed by atoms with van der Waals surface area (Å²) < 4.78 is 38.3. The monoisotopic (exact) mass is 278 g/mol. The van der Waals surface area contributed by atoms with Gasteiger partial charge in [0.25, 0.3) is 0 Å². The van der Waals surface area contributed by atoms with Crippen LogP contribution >= 0.6 is 0 Å². The summed E-state index contributed by atoms with van der Waals surface area (Å²) >= 11 is 0. The molecular weight excluding hydrogens is 257 g/mol. The Kier molecular flexibility index (Phi) is 4.08. The summed E-state index contributed by atoms with van der Waals surface area (Å²) in [6.45, 7) is 2.84. The highest BCUT2D eigenvalue weighted by molar-refractivity contribution is 5.86. The number of hydrogen-bond acceptors (Lipinski definition) is 2. The van der Waals surface area contributed by atoms with E-state index in [0.29, 0.717) is 19.4 Å². The standard InChI is InChI=1S/C13H21F3N2O/c1-12(6-2-3-7-17-12)11(19)18-8-4-5-10(9-18)13(14,15)16/h10,17H,2-9H2,1H3. The number of carbonyl (C=O) groups is 1. The topological polar surface area (TPSA) is 32.3 Å². The predicted octanol–water partition coefficient (Wildman–Crippen LogP) is 2.32. The number of rotatable bonds is 1. The molecule has 6 heteroatoms. The highest BCUT2D eigenvalue weighted by Crippen LogP contribution is 2.34. The second-order valence-electron chi connectivity index (χ2n) is 5.85. The van der Waals surface area contributed by atoms with Gasteiger partial charge >= 0.3 is 6.18 Å². The molecule has 110 valence electrons. The zero-order valence-electron chi connectivity index (χ0n) is 11.2. The molecule has 19 heavy (non-hydrogen) atoms. The van der Waals surface area contributed by atoms with Crippen molar-refractivity contribution in [1.29, 1.82) is 0 Å². The molecule has 0 radical (unpaired) electrons.